The molecular formula is C16H27N3O3. The Balaban J connectivity index is 2.07. The van der Waals surface area contributed by atoms with E-state index in [0.717, 1.165) is 38.5 Å². The van der Waals surface area contributed by atoms with Gasteiger partial charge in [-0.05, 0) is 38.5 Å². The first kappa shape index (κ1) is 18.5. The minimum absolute atomic E-state index is 0.0418. The molecule has 2 atom stereocenters. The van der Waals surface area contributed by atoms with Crippen LogP contribution in [0, 0.1) is 11.8 Å². The summed E-state index contributed by atoms with van der Waals surface area (Å²) in [5.41, 5.74) is 10.6. The first-order chi connectivity index (χ1) is 10.6. The number of rotatable bonds is 9. The number of carbonyl (C=O) groups is 2. The maximum Gasteiger partial charge on any atom is 0.246 e. The topological polar surface area (TPSA) is 107 Å². The molecule has 6 nitrogen and oxygen atoms in total. The van der Waals surface area contributed by atoms with Gasteiger partial charge in [0, 0.05) is 13.0 Å². The molecule has 0 aromatic rings. The second-order valence-electron chi connectivity index (χ2n) is 5.57. The minimum atomic E-state index is -0.600. The van der Waals surface area contributed by atoms with Crippen LogP contribution in [-0.2, 0) is 14.3 Å². The monoisotopic (exact) mass is 309 g/mol. The molecule has 22 heavy (non-hydrogen) atoms. The lowest BCUT2D eigenvalue weighted by Crippen LogP contribution is -2.36. The molecule has 0 aliphatic heterocycles. The first-order valence-corrected chi connectivity index (χ1v) is 8.01. The van der Waals surface area contributed by atoms with Crippen molar-refractivity contribution in [1.29, 1.82) is 0 Å². The summed E-state index contributed by atoms with van der Waals surface area (Å²) >= 11 is 0. The van der Waals surface area contributed by atoms with E-state index in [2.05, 4.69) is 17.2 Å². The molecule has 1 aliphatic carbocycles. The van der Waals surface area contributed by atoms with E-state index in [4.69, 9.17) is 16.2 Å². The molecule has 0 fully saturated rings. The van der Waals surface area contributed by atoms with Crippen LogP contribution in [0.4, 0.5) is 0 Å². The van der Waals surface area contributed by atoms with Crippen LogP contribution in [0.5, 0.6) is 0 Å². The fourth-order valence-corrected chi connectivity index (χ4v) is 2.19. The Morgan fingerprint density at radius 2 is 2.09 bits per heavy atom. The van der Waals surface area contributed by atoms with E-state index in [1.165, 1.54) is 6.42 Å². The lowest BCUT2D eigenvalue weighted by atomic mass is 10.1. The fraction of sp³-hybridized carbons (Fsp3) is 0.750. The number of primary amides is 1. The molecule has 1 aliphatic rings. The van der Waals surface area contributed by atoms with Crippen LogP contribution < -0.4 is 16.8 Å². The second-order valence-corrected chi connectivity index (χ2v) is 5.57. The Bertz CT molecular complexity index is 415. The van der Waals surface area contributed by atoms with Crippen molar-refractivity contribution in [2.24, 2.45) is 11.5 Å². The molecule has 0 radical (unpaired) electrons. The summed E-state index contributed by atoms with van der Waals surface area (Å²) in [6.07, 6.45) is 7.16. The third-order valence-electron chi connectivity index (χ3n) is 3.58. The Morgan fingerprint density at radius 3 is 2.86 bits per heavy atom. The second kappa shape index (κ2) is 11.0. The van der Waals surface area contributed by atoms with Crippen LogP contribution in [-0.4, -0.2) is 37.1 Å². The summed E-state index contributed by atoms with van der Waals surface area (Å²) in [7, 11) is 0. The summed E-state index contributed by atoms with van der Waals surface area (Å²) in [5.74, 6) is 5.53. The number of carbonyl (C=O) groups excluding carboxylic acids is 2. The zero-order valence-electron chi connectivity index (χ0n) is 13.1. The molecule has 2 amide bonds. The SMILES string of the molecule is NC(=O)[C@H](N)CCCCNC(=O)COC1C#CCCCCC1. The number of unbranched alkanes of at least 4 members (excludes halogenated alkanes) is 1. The van der Waals surface area contributed by atoms with Crippen LogP contribution in [0.15, 0.2) is 0 Å². The van der Waals surface area contributed by atoms with Gasteiger partial charge in [-0.1, -0.05) is 12.3 Å². The molecule has 5 N–H and O–H groups in total. The van der Waals surface area contributed by atoms with Crippen molar-refractivity contribution in [2.45, 2.75) is 63.5 Å². The van der Waals surface area contributed by atoms with Crippen LogP contribution in [0.25, 0.3) is 0 Å². The van der Waals surface area contributed by atoms with Gasteiger partial charge in [0.15, 0.2) is 0 Å². The van der Waals surface area contributed by atoms with Crippen molar-refractivity contribution in [1.82, 2.24) is 5.32 Å². The maximum atomic E-state index is 11.7. The highest BCUT2D eigenvalue weighted by Crippen LogP contribution is 2.10. The van der Waals surface area contributed by atoms with E-state index < -0.39 is 11.9 Å². The lowest BCUT2D eigenvalue weighted by Gasteiger charge is -2.13. The predicted molar refractivity (Wildman–Crippen MR) is 84.6 cm³/mol. The summed E-state index contributed by atoms with van der Waals surface area (Å²) in [4.78, 5) is 22.4. The summed E-state index contributed by atoms with van der Waals surface area (Å²) in [6, 6.07) is -0.600. The van der Waals surface area contributed by atoms with Crippen molar-refractivity contribution in [3.8, 4) is 11.8 Å². The zero-order chi connectivity index (χ0) is 16.2. The molecule has 0 spiro atoms. The number of hydrogen-bond donors (Lipinski definition) is 3. The summed E-state index contributed by atoms with van der Waals surface area (Å²) < 4.78 is 5.54. The van der Waals surface area contributed by atoms with Crippen molar-refractivity contribution in [3.05, 3.63) is 0 Å². The van der Waals surface area contributed by atoms with E-state index in [1.54, 1.807) is 0 Å². The quantitative estimate of drug-likeness (QED) is 0.424. The molecule has 0 saturated heterocycles. The zero-order valence-corrected chi connectivity index (χ0v) is 13.1. The largest absolute Gasteiger partial charge is 0.368 e. The van der Waals surface area contributed by atoms with Crippen molar-refractivity contribution in [2.75, 3.05) is 13.2 Å². The Morgan fingerprint density at radius 1 is 1.27 bits per heavy atom. The molecule has 0 saturated carbocycles. The van der Waals surface area contributed by atoms with E-state index in [0.29, 0.717) is 13.0 Å². The number of hydrogen-bond acceptors (Lipinski definition) is 4. The first-order valence-electron chi connectivity index (χ1n) is 8.01. The smallest absolute Gasteiger partial charge is 0.246 e. The Kier molecular flexibility index (Phi) is 9.28. The van der Waals surface area contributed by atoms with Gasteiger partial charge < -0.3 is 21.5 Å². The molecule has 0 heterocycles. The summed E-state index contributed by atoms with van der Waals surface area (Å²) in [5, 5.41) is 2.78. The highest BCUT2D eigenvalue weighted by molar-refractivity contribution is 5.79. The highest BCUT2D eigenvalue weighted by atomic mass is 16.5. The molecule has 0 bridgehead atoms. The van der Waals surface area contributed by atoms with E-state index in [-0.39, 0.29) is 18.6 Å². The lowest BCUT2D eigenvalue weighted by molar-refractivity contribution is -0.126. The van der Waals surface area contributed by atoms with Gasteiger partial charge in [-0.2, -0.15) is 0 Å². The maximum absolute atomic E-state index is 11.7. The Hall–Kier alpha value is -1.58. The van der Waals surface area contributed by atoms with E-state index in [1.807, 2.05) is 0 Å². The third-order valence-corrected chi connectivity index (χ3v) is 3.58. The Labute approximate surface area is 132 Å². The van der Waals surface area contributed by atoms with Crippen LogP contribution in [0.3, 0.4) is 0 Å². The van der Waals surface area contributed by atoms with Gasteiger partial charge in [0.1, 0.15) is 12.7 Å². The number of amides is 2. The van der Waals surface area contributed by atoms with Gasteiger partial charge in [-0.25, -0.2) is 0 Å². The average Bonchev–Trinajstić information content (AvgIpc) is 2.45. The van der Waals surface area contributed by atoms with E-state index in [9.17, 15) is 9.59 Å². The average molecular weight is 309 g/mol. The molecule has 124 valence electrons. The summed E-state index contributed by atoms with van der Waals surface area (Å²) in [6.45, 7) is 0.587. The molecule has 1 rings (SSSR count). The van der Waals surface area contributed by atoms with Gasteiger partial charge in [0.25, 0.3) is 0 Å². The van der Waals surface area contributed by atoms with Gasteiger partial charge >= 0.3 is 0 Å². The molecule has 0 aromatic heterocycles. The molecular weight excluding hydrogens is 282 g/mol. The van der Waals surface area contributed by atoms with Gasteiger partial charge in [0.05, 0.1) is 6.04 Å². The fourth-order valence-electron chi connectivity index (χ4n) is 2.19. The van der Waals surface area contributed by atoms with Crippen LogP contribution >= 0.6 is 0 Å². The normalized spacial score (nSPS) is 19.2. The van der Waals surface area contributed by atoms with Crippen molar-refractivity contribution >= 4 is 11.8 Å². The minimum Gasteiger partial charge on any atom is -0.368 e. The van der Waals surface area contributed by atoms with Crippen LogP contribution in [0.1, 0.15) is 51.4 Å². The molecule has 6 heteroatoms. The van der Waals surface area contributed by atoms with Crippen molar-refractivity contribution < 1.29 is 14.3 Å². The number of nitrogens with one attached hydrogen (secondary N) is 1. The molecule has 0 aromatic carbocycles. The van der Waals surface area contributed by atoms with E-state index >= 15 is 0 Å². The third kappa shape index (κ3) is 8.65. The molecule has 1 unspecified atom stereocenters. The van der Waals surface area contributed by atoms with Crippen molar-refractivity contribution in [3.63, 3.8) is 0 Å². The standard InChI is InChI=1S/C16H27N3O3/c17-14(16(18)21)10-6-7-11-19-15(20)12-22-13-8-4-2-1-3-5-9-13/h13-14H,1-4,6-8,10-12,17H2,(H2,18,21)(H,19,20)/t13?,14-/m1/s1. The predicted octanol–water partition coefficient (Wildman–Crippen LogP) is 0.438. The number of nitrogens with two attached hydrogens (primary N) is 2. The number of ether oxygens (including phenoxy) is 1. The van der Waals surface area contributed by atoms with Crippen LogP contribution in [0.2, 0.25) is 0 Å². The van der Waals surface area contributed by atoms with Gasteiger partial charge in [0.2, 0.25) is 11.8 Å². The highest BCUT2D eigenvalue weighted by Gasteiger charge is 2.10. The van der Waals surface area contributed by atoms with Gasteiger partial charge in [-0.3, -0.25) is 9.59 Å². The van der Waals surface area contributed by atoms with Gasteiger partial charge in [-0.15, -0.1) is 5.92 Å².